The number of nitrogens with two attached hydrogens (primary N) is 1. The van der Waals surface area contributed by atoms with Gasteiger partial charge in [0.2, 0.25) is 10.0 Å². The quantitative estimate of drug-likeness (QED) is 0.451. The van der Waals surface area contributed by atoms with Crippen LogP contribution in [0.5, 0.6) is 0 Å². The van der Waals surface area contributed by atoms with Crippen LogP contribution in [0.2, 0.25) is 0 Å². The molecule has 0 fully saturated rings. The van der Waals surface area contributed by atoms with Crippen molar-refractivity contribution in [1.82, 2.24) is 10.6 Å². The van der Waals surface area contributed by atoms with Crippen molar-refractivity contribution >= 4 is 16.0 Å². The van der Waals surface area contributed by atoms with Gasteiger partial charge in [0.05, 0.1) is 5.75 Å². The highest BCUT2D eigenvalue weighted by Crippen LogP contribution is 2.21. The van der Waals surface area contributed by atoms with E-state index in [2.05, 4.69) is 39.9 Å². The van der Waals surface area contributed by atoms with Gasteiger partial charge in [-0.15, -0.1) is 0 Å². The van der Waals surface area contributed by atoms with Crippen molar-refractivity contribution in [2.75, 3.05) is 25.4 Å². The molecule has 6 nitrogen and oxygen atoms in total. The molecule has 1 atom stereocenters. The minimum Gasteiger partial charge on any atom is -0.357 e. The Morgan fingerprint density at radius 2 is 1.67 bits per heavy atom. The number of nitrogens with one attached hydrogen (secondary N) is 2. The molecule has 0 saturated heterocycles. The Balaban J connectivity index is 2.10. The minimum absolute atomic E-state index is 0.135. The second kappa shape index (κ2) is 10.7. The lowest BCUT2D eigenvalue weighted by Gasteiger charge is -2.17. The molecule has 0 spiro atoms. The Kier molecular flexibility index (Phi) is 8.29. The molecule has 146 valence electrons. The summed E-state index contributed by atoms with van der Waals surface area (Å²) in [5.41, 5.74) is 2.49. The van der Waals surface area contributed by atoms with E-state index < -0.39 is 10.0 Å². The first-order valence-corrected chi connectivity index (χ1v) is 10.8. The van der Waals surface area contributed by atoms with Crippen LogP contribution in [0.25, 0.3) is 0 Å². The van der Waals surface area contributed by atoms with Gasteiger partial charge in [-0.25, -0.2) is 13.6 Å². The van der Waals surface area contributed by atoms with Gasteiger partial charge in [-0.2, -0.15) is 0 Å². The van der Waals surface area contributed by atoms with E-state index in [0.717, 1.165) is 6.42 Å². The van der Waals surface area contributed by atoms with Gasteiger partial charge in [0.15, 0.2) is 5.96 Å². The molecule has 0 aliphatic rings. The molecule has 2 aromatic rings. The van der Waals surface area contributed by atoms with Crippen molar-refractivity contribution in [3.8, 4) is 0 Å². The zero-order chi connectivity index (χ0) is 19.5. The third-order valence-corrected chi connectivity index (χ3v) is 4.86. The Morgan fingerprint density at radius 3 is 2.26 bits per heavy atom. The molecule has 2 aromatic carbocycles. The van der Waals surface area contributed by atoms with Crippen molar-refractivity contribution in [3.05, 3.63) is 71.8 Å². The molecular formula is C20H28N4O2S. The summed E-state index contributed by atoms with van der Waals surface area (Å²) in [6.07, 6.45) is 0.880. The van der Waals surface area contributed by atoms with E-state index in [1.165, 1.54) is 11.1 Å². The van der Waals surface area contributed by atoms with Crippen LogP contribution in [0.15, 0.2) is 65.7 Å². The number of benzene rings is 2. The zero-order valence-electron chi connectivity index (χ0n) is 15.6. The molecule has 27 heavy (non-hydrogen) atoms. The largest absolute Gasteiger partial charge is 0.357 e. The average Bonchev–Trinajstić information content (AvgIpc) is 2.65. The summed E-state index contributed by atoms with van der Waals surface area (Å²) < 4.78 is 22.2. The molecular weight excluding hydrogens is 360 g/mol. The van der Waals surface area contributed by atoms with Gasteiger partial charge < -0.3 is 10.6 Å². The lowest BCUT2D eigenvalue weighted by atomic mass is 9.92. The topological polar surface area (TPSA) is 96.6 Å². The standard InChI is InChI=1S/C20H28N4O2S/c1-2-22-20(23-13-14-27(21,25)26)24-16-19(18-11-7-4-8-12-18)15-17-9-5-3-6-10-17/h3-12,19H,2,13-16H2,1H3,(H2,21,25,26)(H2,22,23,24). The van der Waals surface area contributed by atoms with E-state index in [9.17, 15) is 8.42 Å². The first-order valence-electron chi connectivity index (χ1n) is 9.09. The Morgan fingerprint density at radius 1 is 1.04 bits per heavy atom. The number of guanidine groups is 1. The fraction of sp³-hybridized carbons (Fsp3) is 0.350. The predicted octanol–water partition coefficient (Wildman–Crippen LogP) is 1.86. The first kappa shape index (κ1) is 20.9. The summed E-state index contributed by atoms with van der Waals surface area (Å²) in [7, 11) is -3.49. The summed E-state index contributed by atoms with van der Waals surface area (Å²) >= 11 is 0. The highest BCUT2D eigenvalue weighted by Gasteiger charge is 2.13. The highest BCUT2D eigenvalue weighted by atomic mass is 32.2. The number of hydrogen-bond donors (Lipinski definition) is 3. The fourth-order valence-corrected chi connectivity index (χ4v) is 3.15. The van der Waals surface area contributed by atoms with E-state index >= 15 is 0 Å². The SMILES string of the molecule is CCNC(=NCC(Cc1ccccc1)c1ccccc1)NCCS(N)(=O)=O. The molecule has 0 aliphatic heterocycles. The zero-order valence-corrected chi connectivity index (χ0v) is 16.5. The van der Waals surface area contributed by atoms with Gasteiger partial charge in [-0.05, 0) is 24.5 Å². The first-order chi connectivity index (χ1) is 13.0. The normalized spacial score (nSPS) is 13.2. The molecule has 1 unspecified atom stereocenters. The van der Waals surface area contributed by atoms with Gasteiger partial charge in [0, 0.05) is 25.6 Å². The van der Waals surface area contributed by atoms with E-state index in [0.29, 0.717) is 19.0 Å². The van der Waals surface area contributed by atoms with Crippen LogP contribution in [0.4, 0.5) is 0 Å². The highest BCUT2D eigenvalue weighted by molar-refractivity contribution is 7.89. The minimum atomic E-state index is -3.49. The number of sulfonamides is 1. The number of hydrogen-bond acceptors (Lipinski definition) is 3. The molecule has 7 heteroatoms. The van der Waals surface area contributed by atoms with E-state index in [1.807, 2.05) is 43.3 Å². The lowest BCUT2D eigenvalue weighted by molar-refractivity contribution is 0.596. The molecule has 2 rings (SSSR count). The van der Waals surface area contributed by atoms with E-state index in [4.69, 9.17) is 5.14 Å². The number of primary sulfonamides is 1. The fourth-order valence-electron chi connectivity index (χ4n) is 2.77. The summed E-state index contributed by atoms with van der Waals surface area (Å²) in [6, 6.07) is 20.6. The Bertz CT molecular complexity index is 808. The predicted molar refractivity (Wildman–Crippen MR) is 111 cm³/mol. The van der Waals surface area contributed by atoms with Gasteiger partial charge in [-0.3, -0.25) is 4.99 Å². The van der Waals surface area contributed by atoms with E-state index in [1.54, 1.807) is 0 Å². The van der Waals surface area contributed by atoms with Crippen LogP contribution in [-0.4, -0.2) is 39.8 Å². The summed E-state index contributed by atoms with van der Waals surface area (Å²) in [5, 5.41) is 11.2. The Labute approximate surface area is 162 Å². The van der Waals surface area contributed by atoms with E-state index in [-0.39, 0.29) is 18.2 Å². The van der Waals surface area contributed by atoms with Gasteiger partial charge in [-0.1, -0.05) is 60.7 Å². The van der Waals surface area contributed by atoms with Gasteiger partial charge in [0.25, 0.3) is 0 Å². The smallest absolute Gasteiger partial charge is 0.210 e. The summed E-state index contributed by atoms with van der Waals surface area (Å²) in [4.78, 5) is 4.66. The third-order valence-electron chi connectivity index (χ3n) is 4.09. The van der Waals surface area contributed by atoms with Crippen molar-refractivity contribution in [2.24, 2.45) is 10.1 Å². The molecule has 0 heterocycles. The Hall–Kier alpha value is -2.38. The average molecular weight is 389 g/mol. The van der Waals surface area contributed by atoms with Crippen molar-refractivity contribution in [2.45, 2.75) is 19.3 Å². The monoisotopic (exact) mass is 388 g/mol. The molecule has 4 N–H and O–H groups in total. The third kappa shape index (κ3) is 8.23. The molecule has 0 saturated carbocycles. The van der Waals surface area contributed by atoms with Crippen LogP contribution in [0, 0.1) is 0 Å². The summed E-state index contributed by atoms with van der Waals surface area (Å²) in [5.74, 6) is 0.682. The number of rotatable bonds is 9. The van der Waals surface area contributed by atoms with Crippen molar-refractivity contribution in [1.29, 1.82) is 0 Å². The molecule has 0 aromatic heterocycles. The van der Waals surface area contributed by atoms with Crippen molar-refractivity contribution in [3.63, 3.8) is 0 Å². The van der Waals surface area contributed by atoms with Gasteiger partial charge >= 0.3 is 0 Å². The van der Waals surface area contributed by atoms with Crippen LogP contribution in [0.3, 0.4) is 0 Å². The van der Waals surface area contributed by atoms with Crippen LogP contribution in [0.1, 0.15) is 24.0 Å². The number of aliphatic imine (C=N–C) groups is 1. The molecule has 0 radical (unpaired) electrons. The van der Waals surface area contributed by atoms with Crippen LogP contribution < -0.4 is 15.8 Å². The number of nitrogens with zero attached hydrogens (tertiary/aromatic N) is 1. The summed E-state index contributed by atoms with van der Waals surface area (Å²) in [6.45, 7) is 3.47. The van der Waals surface area contributed by atoms with Crippen molar-refractivity contribution < 1.29 is 8.42 Å². The second-order valence-corrected chi connectivity index (χ2v) is 8.04. The van der Waals surface area contributed by atoms with Gasteiger partial charge in [0.1, 0.15) is 0 Å². The molecule has 0 bridgehead atoms. The maximum absolute atomic E-state index is 11.1. The lowest BCUT2D eigenvalue weighted by Crippen LogP contribution is -2.40. The van der Waals surface area contributed by atoms with Crippen LogP contribution >= 0.6 is 0 Å². The maximum Gasteiger partial charge on any atom is 0.210 e. The van der Waals surface area contributed by atoms with Crippen LogP contribution in [-0.2, 0) is 16.4 Å². The maximum atomic E-state index is 11.1. The second-order valence-electron chi connectivity index (χ2n) is 6.31. The molecule has 0 aliphatic carbocycles. The molecule has 0 amide bonds.